The van der Waals surface area contributed by atoms with Crippen molar-refractivity contribution in [1.82, 2.24) is 14.9 Å². The zero-order valence-electron chi connectivity index (χ0n) is 21.2. The topological polar surface area (TPSA) is 68.6 Å². The molecule has 0 saturated carbocycles. The summed E-state index contributed by atoms with van der Waals surface area (Å²) in [6.07, 6.45) is 6.68. The van der Waals surface area contributed by atoms with Crippen molar-refractivity contribution in [1.29, 1.82) is 0 Å². The van der Waals surface area contributed by atoms with Gasteiger partial charge >= 0.3 is 0 Å². The van der Waals surface area contributed by atoms with Crippen molar-refractivity contribution in [3.8, 4) is 11.4 Å². The number of ether oxygens (including phenoxy) is 2. The van der Waals surface area contributed by atoms with Crippen molar-refractivity contribution >= 4 is 29.3 Å². The zero-order valence-corrected chi connectivity index (χ0v) is 21.9. The number of aryl methyl sites for hydroxylation is 1. The quantitative estimate of drug-likeness (QED) is 0.301. The average molecular weight is 527 g/mol. The van der Waals surface area contributed by atoms with Crippen LogP contribution in [0, 0.1) is 12.7 Å². The fourth-order valence-electron chi connectivity index (χ4n) is 4.28. The van der Waals surface area contributed by atoms with E-state index in [1.165, 1.54) is 6.07 Å². The fraction of sp³-hybridized carbons (Fsp3) is 0.357. The summed E-state index contributed by atoms with van der Waals surface area (Å²) in [5, 5.41) is 2.93. The van der Waals surface area contributed by atoms with Gasteiger partial charge in [0, 0.05) is 37.3 Å². The second-order valence-corrected chi connectivity index (χ2v) is 9.26. The van der Waals surface area contributed by atoms with Crippen LogP contribution in [-0.4, -0.2) is 54.8 Å². The molecule has 3 aromatic rings. The highest BCUT2D eigenvalue weighted by molar-refractivity contribution is 6.17. The molecule has 9 heteroatoms. The Hall–Kier alpha value is -3.36. The van der Waals surface area contributed by atoms with Crippen LogP contribution in [0.25, 0.3) is 11.8 Å². The molecule has 0 aliphatic carbocycles. The monoisotopic (exact) mass is 526 g/mol. The third-order valence-electron chi connectivity index (χ3n) is 6.22. The first kappa shape index (κ1) is 26.7. The number of carbonyl (C=O) groups excluding carboxylic acids is 1. The fourth-order valence-corrected chi connectivity index (χ4v) is 4.41. The molecular formula is C28H32ClFN4O3. The number of methoxy groups -OCH3 is 1. The van der Waals surface area contributed by atoms with E-state index in [9.17, 15) is 9.18 Å². The summed E-state index contributed by atoms with van der Waals surface area (Å²) in [7, 11) is 1.61. The van der Waals surface area contributed by atoms with Crippen LogP contribution in [0.3, 0.4) is 0 Å². The van der Waals surface area contributed by atoms with E-state index in [1.54, 1.807) is 19.5 Å². The molecule has 7 nitrogen and oxygen atoms in total. The van der Waals surface area contributed by atoms with Gasteiger partial charge in [-0.1, -0.05) is 12.1 Å². The Morgan fingerprint density at radius 1 is 1.22 bits per heavy atom. The summed E-state index contributed by atoms with van der Waals surface area (Å²) < 4.78 is 27.6. The highest BCUT2D eigenvalue weighted by Crippen LogP contribution is 2.26. The minimum Gasteiger partial charge on any atom is -0.495 e. The van der Waals surface area contributed by atoms with Gasteiger partial charge in [0.2, 0.25) is 5.91 Å². The van der Waals surface area contributed by atoms with E-state index >= 15 is 0 Å². The van der Waals surface area contributed by atoms with Crippen molar-refractivity contribution in [3.63, 3.8) is 0 Å². The first-order valence-electron chi connectivity index (χ1n) is 12.3. The van der Waals surface area contributed by atoms with Crippen LogP contribution in [0.4, 0.5) is 10.1 Å². The number of aromatic nitrogens is 2. The summed E-state index contributed by atoms with van der Waals surface area (Å²) in [6.45, 7) is 4.65. The van der Waals surface area contributed by atoms with Gasteiger partial charge in [0.15, 0.2) is 0 Å². The van der Waals surface area contributed by atoms with Crippen molar-refractivity contribution in [2.45, 2.75) is 26.3 Å². The van der Waals surface area contributed by atoms with Crippen LogP contribution < -0.4 is 15.0 Å². The molecule has 1 aromatic heterocycles. The number of amides is 1. The van der Waals surface area contributed by atoms with Crippen LogP contribution in [-0.2, 0) is 16.1 Å². The molecule has 1 amide bonds. The highest BCUT2D eigenvalue weighted by Gasteiger charge is 2.16. The molecule has 196 valence electrons. The number of anilines is 1. The maximum Gasteiger partial charge on any atom is 0.247 e. The number of nitrogens with one attached hydrogen (secondary N) is 1. The number of benzene rings is 2. The summed E-state index contributed by atoms with van der Waals surface area (Å²) >= 11 is 5.92. The van der Waals surface area contributed by atoms with Gasteiger partial charge in [-0.2, -0.15) is 0 Å². The standard InChI is InChI=1S/C28H32ClFN4O3/c1-20-18-34(19-32-20)26-8-5-21(16-27(26)36-2)14-23(4-3-9-29)28(35)31-17-22-6-7-25(24(30)15-22)33-10-12-37-13-11-33/h5-8,14-16,18-19H,3-4,9-13,17H2,1-2H3,(H,31,35)/b23-14+. The Kier molecular flexibility index (Phi) is 9.19. The number of hydrogen-bond acceptors (Lipinski definition) is 5. The molecule has 4 rings (SSSR count). The molecule has 2 aromatic carbocycles. The Bertz CT molecular complexity index is 1250. The largest absolute Gasteiger partial charge is 0.495 e. The van der Waals surface area contributed by atoms with Gasteiger partial charge in [0.05, 0.1) is 43.7 Å². The Morgan fingerprint density at radius 3 is 2.68 bits per heavy atom. The molecule has 0 radical (unpaired) electrons. The first-order chi connectivity index (χ1) is 18.0. The number of alkyl halides is 1. The second-order valence-electron chi connectivity index (χ2n) is 8.88. The highest BCUT2D eigenvalue weighted by atomic mass is 35.5. The summed E-state index contributed by atoms with van der Waals surface area (Å²) in [6, 6.07) is 10.8. The lowest BCUT2D eigenvalue weighted by Crippen LogP contribution is -2.36. The molecule has 37 heavy (non-hydrogen) atoms. The second kappa shape index (κ2) is 12.7. The lowest BCUT2D eigenvalue weighted by molar-refractivity contribution is -0.117. The minimum atomic E-state index is -0.299. The predicted octanol–water partition coefficient (Wildman–Crippen LogP) is 4.88. The number of hydrogen-bond donors (Lipinski definition) is 1. The molecule has 0 bridgehead atoms. The van der Waals surface area contributed by atoms with Crippen LogP contribution in [0.15, 0.2) is 54.5 Å². The molecule has 1 N–H and O–H groups in total. The van der Waals surface area contributed by atoms with Crippen molar-refractivity contribution < 1.29 is 18.7 Å². The van der Waals surface area contributed by atoms with Crippen molar-refractivity contribution in [2.24, 2.45) is 0 Å². The predicted molar refractivity (Wildman–Crippen MR) is 144 cm³/mol. The molecule has 2 heterocycles. The van der Waals surface area contributed by atoms with Crippen molar-refractivity contribution in [3.05, 3.63) is 77.1 Å². The van der Waals surface area contributed by atoms with E-state index in [4.69, 9.17) is 21.1 Å². The van der Waals surface area contributed by atoms with E-state index in [2.05, 4.69) is 10.3 Å². The lowest BCUT2D eigenvalue weighted by Gasteiger charge is -2.29. The van der Waals surface area contributed by atoms with E-state index in [-0.39, 0.29) is 18.3 Å². The smallest absolute Gasteiger partial charge is 0.247 e. The van der Waals surface area contributed by atoms with Gasteiger partial charge in [0.1, 0.15) is 11.6 Å². The van der Waals surface area contributed by atoms with Gasteiger partial charge < -0.3 is 24.3 Å². The van der Waals surface area contributed by atoms with Crippen LogP contribution in [0.5, 0.6) is 5.75 Å². The van der Waals surface area contributed by atoms with Gasteiger partial charge in [-0.15, -0.1) is 11.6 Å². The first-order valence-corrected chi connectivity index (χ1v) is 12.9. The third kappa shape index (κ3) is 6.90. The van der Waals surface area contributed by atoms with Gasteiger partial charge in [0.25, 0.3) is 0 Å². The maximum absolute atomic E-state index is 14.8. The molecule has 0 spiro atoms. The summed E-state index contributed by atoms with van der Waals surface area (Å²) in [4.78, 5) is 19.3. The average Bonchev–Trinajstić information content (AvgIpc) is 3.35. The van der Waals surface area contributed by atoms with E-state index in [0.717, 1.165) is 16.9 Å². The molecular weight excluding hydrogens is 495 g/mol. The maximum atomic E-state index is 14.8. The molecule has 1 fully saturated rings. The van der Waals surface area contributed by atoms with E-state index < -0.39 is 0 Å². The molecule has 1 aliphatic rings. The van der Waals surface area contributed by atoms with Crippen LogP contribution >= 0.6 is 11.6 Å². The Balaban J connectivity index is 1.47. The number of carbonyl (C=O) groups is 1. The summed E-state index contributed by atoms with van der Waals surface area (Å²) in [5.41, 5.74) is 4.44. The van der Waals surface area contributed by atoms with E-state index in [1.807, 2.05) is 52.9 Å². The zero-order chi connectivity index (χ0) is 26.2. The summed E-state index contributed by atoms with van der Waals surface area (Å²) in [5.74, 6) is 0.600. The number of imidazole rings is 1. The van der Waals surface area contributed by atoms with Crippen LogP contribution in [0.1, 0.15) is 29.7 Å². The molecule has 1 aliphatic heterocycles. The Morgan fingerprint density at radius 2 is 2.00 bits per heavy atom. The van der Waals surface area contributed by atoms with Crippen LogP contribution in [0.2, 0.25) is 0 Å². The lowest BCUT2D eigenvalue weighted by atomic mass is 10.0. The SMILES string of the molecule is COc1cc(/C=C(\CCCCl)C(=O)NCc2ccc(N3CCOCC3)c(F)c2)ccc1-n1cnc(C)c1. The van der Waals surface area contributed by atoms with Gasteiger partial charge in [-0.25, -0.2) is 9.37 Å². The molecule has 1 saturated heterocycles. The number of rotatable bonds is 10. The molecule has 0 unspecified atom stereocenters. The Labute approximate surface area is 221 Å². The number of halogens is 2. The van der Waals surface area contributed by atoms with Gasteiger partial charge in [-0.3, -0.25) is 4.79 Å². The number of morpholine rings is 1. The normalized spacial score (nSPS) is 14.1. The van der Waals surface area contributed by atoms with Crippen molar-refractivity contribution in [2.75, 3.05) is 44.2 Å². The number of nitrogens with zero attached hydrogens (tertiary/aromatic N) is 3. The molecule has 0 atom stereocenters. The third-order valence-corrected chi connectivity index (χ3v) is 6.49. The van der Waals surface area contributed by atoms with Gasteiger partial charge in [-0.05, 0) is 61.2 Å². The van der Waals surface area contributed by atoms with E-state index in [0.29, 0.717) is 67.6 Å². The minimum absolute atomic E-state index is 0.212.